The van der Waals surface area contributed by atoms with Gasteiger partial charge in [-0.2, -0.15) is 0 Å². The van der Waals surface area contributed by atoms with Crippen LogP contribution in [0, 0.1) is 0 Å². The molecule has 1 aromatic carbocycles. The maximum absolute atomic E-state index is 13.2. The molecule has 0 radical (unpaired) electrons. The van der Waals surface area contributed by atoms with Gasteiger partial charge in [-0.25, -0.2) is 9.97 Å². The van der Waals surface area contributed by atoms with Crippen LogP contribution in [-0.4, -0.2) is 38.1 Å². The van der Waals surface area contributed by atoms with Gasteiger partial charge in [-0.15, -0.1) is 0 Å². The van der Waals surface area contributed by atoms with Crippen molar-refractivity contribution in [2.75, 3.05) is 6.54 Å². The lowest BCUT2D eigenvalue weighted by Crippen LogP contribution is -2.40. The average Bonchev–Trinajstić information content (AvgIpc) is 2.69. The molecule has 0 unspecified atom stereocenters. The molecule has 0 aliphatic carbocycles. The molecular formula is C22H27ClN4OS. The van der Waals surface area contributed by atoms with E-state index in [4.69, 9.17) is 16.6 Å². The predicted molar refractivity (Wildman–Crippen MR) is 122 cm³/mol. The Morgan fingerprint density at radius 3 is 2.48 bits per heavy atom. The third-order valence-electron chi connectivity index (χ3n) is 4.89. The summed E-state index contributed by atoms with van der Waals surface area (Å²) in [6.07, 6.45) is 1.76. The largest absolute Gasteiger partial charge is 0.297 e. The van der Waals surface area contributed by atoms with Crippen molar-refractivity contribution in [2.24, 2.45) is 0 Å². The fourth-order valence-electron chi connectivity index (χ4n) is 3.42. The molecule has 0 atom stereocenters. The summed E-state index contributed by atoms with van der Waals surface area (Å²) in [7, 11) is 0. The summed E-state index contributed by atoms with van der Waals surface area (Å²) < 4.78 is 1.81. The van der Waals surface area contributed by atoms with E-state index in [0.717, 1.165) is 22.8 Å². The highest BCUT2D eigenvalue weighted by atomic mass is 35.5. The Balaban J connectivity index is 1.92. The Hall–Kier alpha value is -1.89. The number of rotatable bonds is 8. The van der Waals surface area contributed by atoms with Crippen LogP contribution in [0.1, 0.15) is 33.3 Å². The zero-order valence-corrected chi connectivity index (χ0v) is 18.9. The first kappa shape index (κ1) is 21.8. The van der Waals surface area contributed by atoms with Crippen LogP contribution >= 0.6 is 23.4 Å². The van der Waals surface area contributed by atoms with E-state index in [-0.39, 0.29) is 5.56 Å². The summed E-state index contributed by atoms with van der Waals surface area (Å²) >= 11 is 7.44. The molecule has 154 valence electrons. The fraction of sp³-hybridized carbons (Fsp3) is 0.409. The van der Waals surface area contributed by atoms with Gasteiger partial charge in [0.05, 0.1) is 10.9 Å². The molecule has 0 spiro atoms. The summed E-state index contributed by atoms with van der Waals surface area (Å²) in [4.78, 5) is 24.5. The van der Waals surface area contributed by atoms with E-state index in [1.165, 1.54) is 0 Å². The molecule has 29 heavy (non-hydrogen) atoms. The number of fused-ring (bicyclic) bond motifs is 1. The highest BCUT2D eigenvalue weighted by Gasteiger charge is 2.16. The summed E-state index contributed by atoms with van der Waals surface area (Å²) in [5.74, 6) is 0.674. The van der Waals surface area contributed by atoms with Crippen molar-refractivity contribution in [3.8, 4) is 0 Å². The lowest BCUT2D eigenvalue weighted by Gasteiger charge is -2.30. The van der Waals surface area contributed by atoms with Crippen LogP contribution in [0.2, 0.25) is 5.15 Å². The van der Waals surface area contributed by atoms with Crippen molar-refractivity contribution in [1.29, 1.82) is 0 Å². The maximum Gasteiger partial charge on any atom is 0.262 e. The van der Waals surface area contributed by atoms with Gasteiger partial charge >= 0.3 is 0 Å². The summed E-state index contributed by atoms with van der Waals surface area (Å²) in [5, 5.41) is 1.86. The SMILES string of the molecule is CC(C)N(CCn1c(SCc2ccc(Cl)nc2)nc2ccccc2c1=O)C(C)C. The number of hydrogen-bond donors (Lipinski definition) is 0. The minimum atomic E-state index is 0.0137. The first-order valence-corrected chi connectivity index (χ1v) is 11.2. The van der Waals surface area contributed by atoms with Crippen LogP contribution < -0.4 is 5.56 Å². The van der Waals surface area contributed by atoms with Crippen molar-refractivity contribution >= 4 is 34.3 Å². The fourth-order valence-corrected chi connectivity index (χ4v) is 4.49. The van der Waals surface area contributed by atoms with Crippen molar-refractivity contribution in [2.45, 2.75) is 57.2 Å². The summed E-state index contributed by atoms with van der Waals surface area (Å²) in [6, 6.07) is 12.1. The zero-order chi connectivity index (χ0) is 21.0. The number of pyridine rings is 1. The average molecular weight is 431 g/mol. The molecule has 0 N–H and O–H groups in total. The number of benzene rings is 1. The molecule has 0 bridgehead atoms. The second-order valence-electron chi connectivity index (χ2n) is 7.57. The second kappa shape index (κ2) is 9.74. The van der Waals surface area contributed by atoms with E-state index in [1.54, 1.807) is 24.0 Å². The van der Waals surface area contributed by atoms with Gasteiger partial charge < -0.3 is 0 Å². The minimum absolute atomic E-state index is 0.0137. The van der Waals surface area contributed by atoms with Crippen LogP contribution in [0.25, 0.3) is 10.9 Å². The summed E-state index contributed by atoms with van der Waals surface area (Å²) in [5.41, 5.74) is 1.79. The lowest BCUT2D eigenvalue weighted by atomic mass is 10.2. The molecule has 7 heteroatoms. The van der Waals surface area contributed by atoms with E-state index in [2.05, 4.69) is 37.6 Å². The van der Waals surface area contributed by atoms with E-state index in [9.17, 15) is 4.79 Å². The van der Waals surface area contributed by atoms with E-state index >= 15 is 0 Å². The van der Waals surface area contributed by atoms with Crippen LogP contribution in [0.3, 0.4) is 0 Å². The van der Waals surface area contributed by atoms with Crippen molar-refractivity contribution in [3.05, 3.63) is 63.7 Å². The maximum atomic E-state index is 13.2. The predicted octanol–water partition coefficient (Wildman–Crippen LogP) is 4.86. The normalized spacial score (nSPS) is 11.9. The van der Waals surface area contributed by atoms with E-state index < -0.39 is 0 Å². The molecule has 2 aromatic heterocycles. The molecule has 0 aliphatic rings. The number of hydrogen-bond acceptors (Lipinski definition) is 5. The zero-order valence-electron chi connectivity index (χ0n) is 17.3. The van der Waals surface area contributed by atoms with Gasteiger partial charge in [-0.3, -0.25) is 14.3 Å². The van der Waals surface area contributed by atoms with Crippen molar-refractivity contribution < 1.29 is 0 Å². The third-order valence-corrected chi connectivity index (χ3v) is 6.16. The van der Waals surface area contributed by atoms with Gasteiger partial charge in [0.15, 0.2) is 5.16 Å². The van der Waals surface area contributed by atoms with E-state index in [1.807, 2.05) is 34.9 Å². The third kappa shape index (κ3) is 5.38. The van der Waals surface area contributed by atoms with Gasteiger partial charge in [0, 0.05) is 37.1 Å². The molecule has 0 fully saturated rings. The number of halogens is 1. The van der Waals surface area contributed by atoms with Gasteiger partial charge in [0.25, 0.3) is 5.56 Å². The molecule has 2 heterocycles. The highest BCUT2D eigenvalue weighted by Crippen LogP contribution is 2.22. The highest BCUT2D eigenvalue weighted by molar-refractivity contribution is 7.98. The Morgan fingerprint density at radius 1 is 1.10 bits per heavy atom. The minimum Gasteiger partial charge on any atom is -0.297 e. The topological polar surface area (TPSA) is 51.0 Å². The molecule has 3 aromatic rings. The molecule has 0 saturated heterocycles. The lowest BCUT2D eigenvalue weighted by molar-refractivity contribution is 0.166. The Morgan fingerprint density at radius 2 is 1.83 bits per heavy atom. The Kier molecular flexibility index (Phi) is 7.33. The number of nitrogens with zero attached hydrogens (tertiary/aromatic N) is 4. The van der Waals surface area contributed by atoms with Gasteiger partial charge in [0.1, 0.15) is 5.15 Å². The molecular weight excluding hydrogens is 404 g/mol. The second-order valence-corrected chi connectivity index (χ2v) is 8.90. The molecule has 3 rings (SSSR count). The first-order valence-electron chi connectivity index (χ1n) is 9.85. The number of para-hydroxylation sites is 1. The van der Waals surface area contributed by atoms with E-state index in [0.29, 0.717) is 34.9 Å². The van der Waals surface area contributed by atoms with Crippen LogP contribution in [-0.2, 0) is 12.3 Å². The smallest absolute Gasteiger partial charge is 0.262 e. The van der Waals surface area contributed by atoms with Crippen molar-refractivity contribution in [1.82, 2.24) is 19.4 Å². The quantitative estimate of drug-likeness (QED) is 0.290. The van der Waals surface area contributed by atoms with Gasteiger partial charge in [-0.05, 0) is 51.5 Å². The first-order chi connectivity index (χ1) is 13.9. The van der Waals surface area contributed by atoms with Gasteiger partial charge in [-0.1, -0.05) is 41.6 Å². The van der Waals surface area contributed by atoms with Crippen LogP contribution in [0.5, 0.6) is 0 Å². The van der Waals surface area contributed by atoms with Crippen molar-refractivity contribution in [3.63, 3.8) is 0 Å². The molecule has 0 aliphatic heterocycles. The molecule has 5 nitrogen and oxygen atoms in total. The Bertz CT molecular complexity index is 1010. The Labute approximate surface area is 181 Å². The van der Waals surface area contributed by atoms with Crippen LogP contribution in [0.15, 0.2) is 52.5 Å². The molecule has 0 amide bonds. The molecule has 0 saturated carbocycles. The van der Waals surface area contributed by atoms with Gasteiger partial charge in [0.2, 0.25) is 0 Å². The number of aromatic nitrogens is 3. The number of thioether (sulfide) groups is 1. The monoisotopic (exact) mass is 430 g/mol. The van der Waals surface area contributed by atoms with Crippen LogP contribution in [0.4, 0.5) is 0 Å². The summed E-state index contributed by atoms with van der Waals surface area (Å²) in [6.45, 7) is 10.1. The standard InChI is InChI=1S/C22H27ClN4OS/c1-15(2)26(16(3)4)11-12-27-21(28)18-7-5-6-8-19(18)25-22(27)29-14-17-9-10-20(23)24-13-17/h5-10,13,15-16H,11-12,14H2,1-4H3.